The monoisotopic (exact) mass is 542 g/mol. The highest BCUT2D eigenvalue weighted by atomic mass is 19.3. The molecule has 1 N–H and O–H groups in total. The smallest absolute Gasteiger partial charge is 0.286 e. The third kappa shape index (κ3) is 5.36. The van der Waals surface area contributed by atoms with Crippen LogP contribution in [0.1, 0.15) is 46.4 Å². The molecular formula is C28H26F4N4O3. The summed E-state index contributed by atoms with van der Waals surface area (Å²) < 4.78 is 59.5. The van der Waals surface area contributed by atoms with E-state index in [0.717, 1.165) is 28.3 Å². The summed E-state index contributed by atoms with van der Waals surface area (Å²) in [6.07, 6.45) is 0.534. The Morgan fingerprint density at radius 3 is 2.72 bits per heavy atom. The van der Waals surface area contributed by atoms with Gasteiger partial charge in [0.05, 0.1) is 19.1 Å². The number of hydrogen-bond acceptors (Lipinski definition) is 5. The molecule has 2 atom stereocenters. The van der Waals surface area contributed by atoms with E-state index in [-0.39, 0.29) is 23.9 Å². The minimum Gasteiger partial charge on any atom is -0.381 e. The predicted molar refractivity (Wildman–Crippen MR) is 136 cm³/mol. The van der Waals surface area contributed by atoms with Crippen molar-refractivity contribution in [3.8, 4) is 11.1 Å². The van der Waals surface area contributed by atoms with Gasteiger partial charge in [0.2, 0.25) is 5.91 Å². The number of alkyl halides is 4. The third-order valence-corrected chi connectivity index (χ3v) is 7.09. The van der Waals surface area contributed by atoms with Crippen molar-refractivity contribution in [2.45, 2.75) is 38.5 Å². The first-order valence-corrected chi connectivity index (χ1v) is 12.5. The Hall–Kier alpha value is -3.86. The highest BCUT2D eigenvalue weighted by Gasteiger charge is 2.43. The molecule has 0 aliphatic carbocycles. The maximum atomic E-state index is 13.7. The molecule has 7 nitrogen and oxygen atoms in total. The first kappa shape index (κ1) is 26.7. The fourth-order valence-electron chi connectivity index (χ4n) is 5.12. The van der Waals surface area contributed by atoms with Crippen molar-refractivity contribution in [1.82, 2.24) is 9.97 Å². The highest BCUT2D eigenvalue weighted by Crippen LogP contribution is 2.44. The lowest BCUT2D eigenvalue weighted by Gasteiger charge is -2.40. The number of carbonyl (C=O) groups is 2. The van der Waals surface area contributed by atoms with Crippen molar-refractivity contribution in [1.29, 1.82) is 0 Å². The molecule has 39 heavy (non-hydrogen) atoms. The number of aromatic nitrogens is 2. The summed E-state index contributed by atoms with van der Waals surface area (Å²) in [5, 5.41) is 2.73. The number of halogens is 4. The number of ether oxygens (including phenoxy) is 1. The van der Waals surface area contributed by atoms with Gasteiger partial charge < -0.3 is 10.1 Å². The van der Waals surface area contributed by atoms with Gasteiger partial charge in [-0.25, -0.2) is 13.8 Å². The quantitative estimate of drug-likeness (QED) is 0.413. The number of amides is 2. The fraction of sp³-hybridized carbons (Fsp3) is 0.357. The number of anilines is 2. The second kappa shape index (κ2) is 10.4. The minimum absolute atomic E-state index is 0.0356. The van der Waals surface area contributed by atoms with Crippen LogP contribution in [0.5, 0.6) is 0 Å². The van der Waals surface area contributed by atoms with Crippen LogP contribution in [0.4, 0.5) is 29.1 Å². The van der Waals surface area contributed by atoms with E-state index in [2.05, 4.69) is 15.3 Å². The van der Waals surface area contributed by atoms with Crippen LogP contribution < -0.4 is 10.2 Å². The predicted octanol–water partition coefficient (Wildman–Crippen LogP) is 5.55. The maximum absolute atomic E-state index is 13.7. The molecule has 204 valence electrons. The average molecular weight is 543 g/mol. The number of pyridine rings is 2. The normalized spacial score (nSPS) is 19.1. The van der Waals surface area contributed by atoms with E-state index in [9.17, 15) is 27.2 Å². The third-order valence-electron chi connectivity index (χ3n) is 7.09. The molecule has 5 rings (SSSR count). The number of benzene rings is 1. The molecule has 1 unspecified atom stereocenters. The van der Waals surface area contributed by atoms with Gasteiger partial charge in [0.15, 0.2) is 0 Å². The largest absolute Gasteiger partial charge is 0.381 e. The molecule has 1 fully saturated rings. The SMILES string of the molecule is Cc1ccc(NC(=O)c2ccnc(C(C)(F)F)c2)cc1-c1cnc2c(c1)C1CCOC[C@H]1C(=O)N2CC(F)F. The van der Waals surface area contributed by atoms with E-state index in [1.165, 1.54) is 12.3 Å². The van der Waals surface area contributed by atoms with Gasteiger partial charge in [-0.1, -0.05) is 6.07 Å². The van der Waals surface area contributed by atoms with E-state index in [4.69, 9.17) is 4.74 Å². The standard InChI is InChI=1S/C28H26F4N4O3/c1-15-3-4-18(35-26(37)16-5-7-33-23(10-16)28(2,31)32)11-20(15)17-9-21-19-6-8-39-14-22(19)27(38)36(13-24(29)30)25(21)34-12-17/h3-5,7,9-12,19,22,24H,6,8,13-14H2,1-2H3,(H,35,37)/t19?,22-/m1/s1. The summed E-state index contributed by atoms with van der Waals surface area (Å²) in [6, 6.07) is 9.49. The summed E-state index contributed by atoms with van der Waals surface area (Å²) in [6.45, 7) is 2.45. The molecule has 3 aromatic rings. The van der Waals surface area contributed by atoms with Crippen LogP contribution in [0.3, 0.4) is 0 Å². The van der Waals surface area contributed by atoms with Gasteiger partial charge in [0.1, 0.15) is 11.5 Å². The zero-order valence-corrected chi connectivity index (χ0v) is 21.3. The maximum Gasteiger partial charge on any atom is 0.286 e. The number of nitrogens with one attached hydrogen (secondary N) is 1. The summed E-state index contributed by atoms with van der Waals surface area (Å²) in [4.78, 5) is 35.0. The molecule has 0 bridgehead atoms. The van der Waals surface area contributed by atoms with Gasteiger partial charge in [0, 0.05) is 48.7 Å². The lowest BCUT2D eigenvalue weighted by atomic mass is 9.78. The molecule has 4 heterocycles. The fourth-order valence-corrected chi connectivity index (χ4v) is 5.12. The molecular weight excluding hydrogens is 516 g/mol. The van der Waals surface area contributed by atoms with E-state index < -0.39 is 42.3 Å². The summed E-state index contributed by atoms with van der Waals surface area (Å²) >= 11 is 0. The van der Waals surface area contributed by atoms with Crippen LogP contribution in [0.2, 0.25) is 0 Å². The summed E-state index contributed by atoms with van der Waals surface area (Å²) in [7, 11) is 0. The van der Waals surface area contributed by atoms with Crippen molar-refractivity contribution in [2.75, 3.05) is 30.0 Å². The van der Waals surface area contributed by atoms with Gasteiger partial charge in [0.25, 0.3) is 18.3 Å². The van der Waals surface area contributed by atoms with Gasteiger partial charge in [-0.2, -0.15) is 8.78 Å². The van der Waals surface area contributed by atoms with Crippen molar-refractivity contribution in [3.05, 3.63) is 71.2 Å². The zero-order chi connectivity index (χ0) is 27.9. The second-order valence-electron chi connectivity index (χ2n) is 9.86. The number of hydrogen-bond donors (Lipinski definition) is 1. The highest BCUT2D eigenvalue weighted by molar-refractivity contribution is 6.04. The van der Waals surface area contributed by atoms with Crippen molar-refractivity contribution in [2.24, 2.45) is 5.92 Å². The van der Waals surface area contributed by atoms with Crippen molar-refractivity contribution >= 4 is 23.3 Å². The van der Waals surface area contributed by atoms with E-state index in [1.807, 2.05) is 13.0 Å². The molecule has 0 saturated carbocycles. The molecule has 1 saturated heterocycles. The molecule has 1 aromatic carbocycles. The Balaban J connectivity index is 1.47. The van der Waals surface area contributed by atoms with Gasteiger partial charge in [-0.15, -0.1) is 0 Å². The van der Waals surface area contributed by atoms with Crippen LogP contribution in [0.25, 0.3) is 11.1 Å². The number of fused-ring (bicyclic) bond motifs is 3. The topological polar surface area (TPSA) is 84.4 Å². The molecule has 2 amide bonds. The number of carbonyl (C=O) groups excluding carboxylic acids is 2. The number of aryl methyl sites for hydroxylation is 1. The molecule has 2 aliphatic heterocycles. The molecule has 2 aliphatic rings. The first-order chi connectivity index (χ1) is 18.5. The average Bonchev–Trinajstić information content (AvgIpc) is 2.91. The number of rotatable bonds is 6. The van der Waals surface area contributed by atoms with Crippen LogP contribution in [0.15, 0.2) is 48.8 Å². The van der Waals surface area contributed by atoms with Crippen LogP contribution >= 0.6 is 0 Å². The molecule has 11 heteroatoms. The van der Waals surface area contributed by atoms with E-state index >= 15 is 0 Å². The van der Waals surface area contributed by atoms with Crippen LogP contribution in [-0.2, 0) is 15.5 Å². The lowest BCUT2D eigenvalue weighted by molar-refractivity contribution is -0.128. The van der Waals surface area contributed by atoms with Crippen molar-refractivity contribution in [3.63, 3.8) is 0 Å². The molecule has 0 spiro atoms. The first-order valence-electron chi connectivity index (χ1n) is 12.5. The second-order valence-corrected chi connectivity index (χ2v) is 9.86. The van der Waals surface area contributed by atoms with E-state index in [0.29, 0.717) is 36.8 Å². The minimum atomic E-state index is -3.19. The summed E-state index contributed by atoms with van der Waals surface area (Å²) in [5.41, 5.74) is 2.96. The lowest BCUT2D eigenvalue weighted by Crippen LogP contribution is -2.49. The van der Waals surface area contributed by atoms with Gasteiger partial charge in [-0.3, -0.25) is 19.5 Å². The van der Waals surface area contributed by atoms with Gasteiger partial charge >= 0.3 is 0 Å². The number of nitrogens with zero attached hydrogens (tertiary/aromatic N) is 3. The zero-order valence-electron chi connectivity index (χ0n) is 21.3. The Kier molecular flexibility index (Phi) is 7.11. The Bertz CT molecular complexity index is 1430. The van der Waals surface area contributed by atoms with Crippen LogP contribution in [0, 0.1) is 12.8 Å². The van der Waals surface area contributed by atoms with E-state index in [1.54, 1.807) is 18.2 Å². The Morgan fingerprint density at radius 2 is 1.97 bits per heavy atom. The van der Waals surface area contributed by atoms with Gasteiger partial charge in [-0.05, 0) is 60.4 Å². The summed E-state index contributed by atoms with van der Waals surface area (Å²) in [5.74, 6) is -4.71. The Morgan fingerprint density at radius 1 is 1.18 bits per heavy atom. The molecule has 0 radical (unpaired) electrons. The Labute approximate surface area is 222 Å². The van der Waals surface area contributed by atoms with Crippen molar-refractivity contribution < 1.29 is 31.9 Å². The molecule has 2 aromatic heterocycles. The van der Waals surface area contributed by atoms with Crippen LogP contribution in [-0.4, -0.2) is 48.0 Å².